The predicted molar refractivity (Wildman–Crippen MR) is 61.8 cm³/mol. The van der Waals surface area contributed by atoms with Crippen LogP contribution in [0.4, 0.5) is 0 Å². The van der Waals surface area contributed by atoms with Crippen molar-refractivity contribution in [3.05, 3.63) is 0 Å². The summed E-state index contributed by atoms with van der Waals surface area (Å²) in [7, 11) is 0. The fraction of sp³-hybridized carbons (Fsp3) is 1.00. The van der Waals surface area contributed by atoms with Gasteiger partial charge < -0.3 is 15.2 Å². The third-order valence-electron chi connectivity index (χ3n) is 3.07. The molecule has 0 radical (unpaired) electrons. The Bertz CT molecular complexity index is 164. The second-order valence-electron chi connectivity index (χ2n) is 4.54. The monoisotopic (exact) mass is 215 g/mol. The van der Waals surface area contributed by atoms with Crippen LogP contribution in [0.5, 0.6) is 0 Å². The van der Waals surface area contributed by atoms with Crippen molar-refractivity contribution in [1.82, 2.24) is 0 Å². The van der Waals surface area contributed by atoms with Crippen LogP contribution in [0.2, 0.25) is 0 Å². The van der Waals surface area contributed by atoms with E-state index in [-0.39, 0.29) is 6.10 Å². The van der Waals surface area contributed by atoms with Crippen LogP contribution in [0.1, 0.15) is 39.5 Å². The van der Waals surface area contributed by atoms with Crippen molar-refractivity contribution in [2.75, 3.05) is 19.8 Å². The maximum atomic E-state index is 5.85. The highest BCUT2D eigenvalue weighted by Crippen LogP contribution is 2.25. The van der Waals surface area contributed by atoms with Crippen LogP contribution >= 0.6 is 0 Å². The van der Waals surface area contributed by atoms with E-state index >= 15 is 0 Å². The van der Waals surface area contributed by atoms with Crippen molar-refractivity contribution in [2.45, 2.75) is 51.7 Å². The van der Waals surface area contributed by atoms with Gasteiger partial charge in [0.15, 0.2) is 0 Å². The standard InChI is InChI=1S/C12H25NO2/c1-3-14-12(8-13)9-15-11-6-4-5-10(2)7-11/h10-12H,3-9,13H2,1-2H3. The molecular weight excluding hydrogens is 190 g/mol. The number of nitrogens with two attached hydrogens (primary N) is 1. The van der Waals surface area contributed by atoms with E-state index in [0.717, 1.165) is 5.92 Å². The fourth-order valence-electron chi connectivity index (χ4n) is 2.19. The van der Waals surface area contributed by atoms with Crippen molar-refractivity contribution in [2.24, 2.45) is 11.7 Å². The van der Waals surface area contributed by atoms with Gasteiger partial charge in [-0.3, -0.25) is 0 Å². The van der Waals surface area contributed by atoms with Crippen molar-refractivity contribution in [3.63, 3.8) is 0 Å². The minimum Gasteiger partial charge on any atom is -0.375 e. The molecule has 1 fully saturated rings. The second-order valence-corrected chi connectivity index (χ2v) is 4.54. The van der Waals surface area contributed by atoms with E-state index in [0.29, 0.717) is 25.9 Å². The Morgan fingerprint density at radius 2 is 2.20 bits per heavy atom. The van der Waals surface area contributed by atoms with E-state index in [1.165, 1.54) is 25.7 Å². The van der Waals surface area contributed by atoms with Crippen molar-refractivity contribution in [3.8, 4) is 0 Å². The van der Waals surface area contributed by atoms with Gasteiger partial charge in [-0.1, -0.05) is 19.8 Å². The average molecular weight is 215 g/mol. The average Bonchev–Trinajstić information content (AvgIpc) is 2.24. The molecule has 90 valence electrons. The summed E-state index contributed by atoms with van der Waals surface area (Å²) in [4.78, 5) is 0. The van der Waals surface area contributed by atoms with Crippen LogP contribution in [0.15, 0.2) is 0 Å². The third kappa shape index (κ3) is 4.96. The molecule has 0 aromatic heterocycles. The highest BCUT2D eigenvalue weighted by Gasteiger charge is 2.20. The van der Waals surface area contributed by atoms with Crippen LogP contribution in [0.3, 0.4) is 0 Å². The minimum atomic E-state index is 0.0761. The quantitative estimate of drug-likeness (QED) is 0.736. The fourth-order valence-corrected chi connectivity index (χ4v) is 2.19. The summed E-state index contributed by atoms with van der Waals surface area (Å²) in [5.41, 5.74) is 5.60. The molecule has 1 aliphatic rings. The molecule has 3 atom stereocenters. The van der Waals surface area contributed by atoms with Gasteiger partial charge in [0, 0.05) is 13.2 Å². The number of hydrogen-bond acceptors (Lipinski definition) is 3. The van der Waals surface area contributed by atoms with Crippen molar-refractivity contribution < 1.29 is 9.47 Å². The van der Waals surface area contributed by atoms with Crippen LogP contribution in [-0.4, -0.2) is 32.0 Å². The van der Waals surface area contributed by atoms with E-state index in [1.54, 1.807) is 0 Å². The first-order chi connectivity index (χ1) is 7.26. The van der Waals surface area contributed by atoms with Crippen LogP contribution in [0, 0.1) is 5.92 Å². The molecule has 1 rings (SSSR count). The molecule has 1 saturated carbocycles. The second kappa shape index (κ2) is 7.20. The Morgan fingerprint density at radius 3 is 2.80 bits per heavy atom. The van der Waals surface area contributed by atoms with Gasteiger partial charge in [-0.05, 0) is 25.7 Å². The van der Waals surface area contributed by atoms with Gasteiger partial charge in [0.2, 0.25) is 0 Å². The molecule has 0 aliphatic heterocycles. The lowest BCUT2D eigenvalue weighted by Crippen LogP contribution is -2.32. The predicted octanol–water partition coefficient (Wildman–Crippen LogP) is 1.95. The maximum absolute atomic E-state index is 5.85. The number of ether oxygens (including phenoxy) is 2. The molecule has 3 nitrogen and oxygen atoms in total. The lowest BCUT2D eigenvalue weighted by atomic mass is 9.89. The van der Waals surface area contributed by atoms with E-state index in [9.17, 15) is 0 Å². The SMILES string of the molecule is CCOC(CN)COC1CCCC(C)C1. The third-order valence-corrected chi connectivity index (χ3v) is 3.07. The molecule has 15 heavy (non-hydrogen) atoms. The minimum absolute atomic E-state index is 0.0761. The molecule has 2 N–H and O–H groups in total. The molecule has 0 aromatic carbocycles. The summed E-state index contributed by atoms with van der Waals surface area (Å²) in [6.45, 7) is 6.22. The van der Waals surface area contributed by atoms with Crippen molar-refractivity contribution >= 4 is 0 Å². The molecule has 1 aliphatic carbocycles. The molecule has 3 heteroatoms. The van der Waals surface area contributed by atoms with E-state index in [1.807, 2.05) is 6.92 Å². The summed E-state index contributed by atoms with van der Waals surface area (Å²) < 4.78 is 11.3. The highest BCUT2D eigenvalue weighted by molar-refractivity contribution is 4.71. The van der Waals surface area contributed by atoms with Gasteiger partial charge in [0.05, 0.1) is 18.8 Å². The van der Waals surface area contributed by atoms with Gasteiger partial charge in [0.1, 0.15) is 0 Å². The molecule has 0 spiro atoms. The van der Waals surface area contributed by atoms with Gasteiger partial charge in [-0.15, -0.1) is 0 Å². The summed E-state index contributed by atoms with van der Waals surface area (Å²) in [5.74, 6) is 0.812. The lowest BCUT2D eigenvalue weighted by molar-refractivity contribution is -0.0521. The zero-order valence-electron chi connectivity index (χ0n) is 10.1. The van der Waals surface area contributed by atoms with E-state index in [4.69, 9.17) is 15.2 Å². The molecule has 0 bridgehead atoms. The van der Waals surface area contributed by atoms with Crippen molar-refractivity contribution in [1.29, 1.82) is 0 Å². The van der Waals surface area contributed by atoms with Gasteiger partial charge in [-0.2, -0.15) is 0 Å². The summed E-state index contributed by atoms with van der Waals surface area (Å²) in [5, 5.41) is 0. The smallest absolute Gasteiger partial charge is 0.0930 e. The van der Waals surface area contributed by atoms with Crippen LogP contribution in [-0.2, 0) is 9.47 Å². The van der Waals surface area contributed by atoms with Crippen LogP contribution in [0.25, 0.3) is 0 Å². The molecule has 0 saturated heterocycles. The Kier molecular flexibility index (Phi) is 6.22. The Labute approximate surface area is 93.3 Å². The Morgan fingerprint density at radius 1 is 1.40 bits per heavy atom. The largest absolute Gasteiger partial charge is 0.375 e. The zero-order chi connectivity index (χ0) is 11.1. The summed E-state index contributed by atoms with van der Waals surface area (Å²) in [6, 6.07) is 0. The molecule has 0 amide bonds. The van der Waals surface area contributed by atoms with E-state index < -0.39 is 0 Å². The van der Waals surface area contributed by atoms with Gasteiger partial charge >= 0.3 is 0 Å². The topological polar surface area (TPSA) is 44.5 Å². The van der Waals surface area contributed by atoms with E-state index in [2.05, 4.69) is 6.92 Å². The number of rotatable bonds is 6. The van der Waals surface area contributed by atoms with Gasteiger partial charge in [0.25, 0.3) is 0 Å². The first kappa shape index (κ1) is 12.9. The van der Waals surface area contributed by atoms with Gasteiger partial charge in [-0.25, -0.2) is 0 Å². The zero-order valence-corrected chi connectivity index (χ0v) is 10.1. The molecule has 0 aromatic rings. The Balaban J connectivity index is 2.16. The lowest BCUT2D eigenvalue weighted by Gasteiger charge is -2.28. The normalized spacial score (nSPS) is 29.0. The Hall–Kier alpha value is -0.120. The summed E-state index contributed by atoms with van der Waals surface area (Å²) in [6.07, 6.45) is 5.56. The highest BCUT2D eigenvalue weighted by atomic mass is 16.5. The molecular formula is C12H25NO2. The maximum Gasteiger partial charge on any atom is 0.0930 e. The number of hydrogen-bond donors (Lipinski definition) is 1. The first-order valence-corrected chi connectivity index (χ1v) is 6.19. The molecule has 3 unspecified atom stereocenters. The first-order valence-electron chi connectivity index (χ1n) is 6.19. The van der Waals surface area contributed by atoms with Crippen LogP contribution < -0.4 is 5.73 Å². The summed E-state index contributed by atoms with van der Waals surface area (Å²) >= 11 is 0. The molecule has 0 heterocycles.